The van der Waals surface area contributed by atoms with Gasteiger partial charge < -0.3 is 54.7 Å². The Morgan fingerprint density at radius 2 is 1.63 bits per heavy atom. The van der Waals surface area contributed by atoms with Crippen LogP contribution in [-0.4, -0.2) is 83.8 Å². The van der Waals surface area contributed by atoms with Crippen LogP contribution in [-0.2, 0) is 11.2 Å². The van der Waals surface area contributed by atoms with Gasteiger partial charge in [-0.2, -0.15) is 0 Å². The molecule has 0 spiro atoms. The maximum Gasteiger partial charge on any atom is 0.238 e. The predicted octanol–water partition coefficient (Wildman–Crippen LogP) is 0.459. The van der Waals surface area contributed by atoms with Gasteiger partial charge in [0.05, 0.1) is 12.2 Å². The Balaban J connectivity index is 1.87. The average Bonchev–Trinajstić information content (AvgIpc) is 2.86. The first-order valence-corrected chi connectivity index (χ1v) is 11.9. The van der Waals surface area contributed by atoms with E-state index in [2.05, 4.69) is 0 Å². The molecule has 12 nitrogen and oxygen atoms in total. The van der Waals surface area contributed by atoms with Crippen molar-refractivity contribution in [2.45, 2.75) is 63.0 Å². The number of ether oxygens (including phenoxy) is 2. The fourth-order valence-electron chi connectivity index (χ4n) is 4.22. The number of fused-ring (bicyclic) bond motifs is 1. The van der Waals surface area contributed by atoms with Gasteiger partial charge in [-0.05, 0) is 51.0 Å². The van der Waals surface area contributed by atoms with E-state index in [1.54, 1.807) is 0 Å². The van der Waals surface area contributed by atoms with Gasteiger partial charge in [-0.3, -0.25) is 4.79 Å². The standard InChI is InChI=1S/C26H30O12/c1-26(2,35)8-7-13-14(37-25-23(34)21(32)19(30)16(10-27)38-25)9-15-17(18(13)29)20(31)22(33)24(36-15)11-3-5-12(28)6-4-11/h3-6,9,16,19,21,23,25,27-30,32-35H,7-8,10H2,1-2H3/t16-,19-,21+,23-,25-/m1/s1. The van der Waals surface area contributed by atoms with E-state index in [1.807, 2.05) is 0 Å². The van der Waals surface area contributed by atoms with E-state index >= 15 is 0 Å². The van der Waals surface area contributed by atoms with Gasteiger partial charge in [-0.1, -0.05) is 0 Å². The summed E-state index contributed by atoms with van der Waals surface area (Å²) in [7, 11) is 0. The first-order chi connectivity index (χ1) is 17.8. The van der Waals surface area contributed by atoms with E-state index in [1.165, 1.54) is 44.2 Å². The molecule has 2 aromatic carbocycles. The summed E-state index contributed by atoms with van der Waals surface area (Å²) in [6, 6.07) is 6.68. The van der Waals surface area contributed by atoms with Crippen LogP contribution in [0.2, 0.25) is 0 Å². The summed E-state index contributed by atoms with van der Waals surface area (Å²) in [6.45, 7) is 2.38. The van der Waals surface area contributed by atoms with Gasteiger partial charge >= 0.3 is 0 Å². The molecule has 0 bridgehead atoms. The third kappa shape index (κ3) is 5.27. The number of phenols is 2. The first-order valence-electron chi connectivity index (χ1n) is 11.9. The van der Waals surface area contributed by atoms with Crippen molar-refractivity contribution in [1.29, 1.82) is 0 Å². The molecule has 8 N–H and O–H groups in total. The quantitative estimate of drug-likeness (QED) is 0.208. The topological polar surface area (TPSA) is 211 Å². The zero-order chi connectivity index (χ0) is 27.9. The molecule has 0 saturated carbocycles. The minimum absolute atomic E-state index is 0.0145. The van der Waals surface area contributed by atoms with Crippen LogP contribution in [0, 0.1) is 0 Å². The SMILES string of the molecule is CC(C)(O)CCc1c(O[C@@H]2O[C@H](CO)[C@@H](O)[C@H](O)[C@H]2O)cc2oc(-c3ccc(O)cc3)c(O)c(=O)c2c1O. The van der Waals surface area contributed by atoms with Crippen molar-refractivity contribution in [3.63, 3.8) is 0 Å². The van der Waals surface area contributed by atoms with Crippen molar-refractivity contribution in [3.8, 4) is 34.3 Å². The number of hydrogen-bond donors (Lipinski definition) is 8. The van der Waals surface area contributed by atoms with E-state index in [-0.39, 0.29) is 52.2 Å². The lowest BCUT2D eigenvalue weighted by molar-refractivity contribution is -0.277. The normalized spacial score (nSPS) is 24.0. The summed E-state index contributed by atoms with van der Waals surface area (Å²) >= 11 is 0. The van der Waals surface area contributed by atoms with Crippen molar-refractivity contribution in [1.82, 2.24) is 0 Å². The third-order valence-electron chi connectivity index (χ3n) is 6.41. The summed E-state index contributed by atoms with van der Waals surface area (Å²) in [5.74, 6) is -1.83. The van der Waals surface area contributed by atoms with Crippen molar-refractivity contribution in [3.05, 3.63) is 46.1 Å². The highest BCUT2D eigenvalue weighted by Gasteiger charge is 2.45. The number of hydrogen-bond acceptors (Lipinski definition) is 12. The van der Waals surface area contributed by atoms with Gasteiger partial charge in [0.25, 0.3) is 0 Å². The van der Waals surface area contributed by atoms with Gasteiger partial charge in [0.1, 0.15) is 52.6 Å². The van der Waals surface area contributed by atoms with Gasteiger partial charge in [0.15, 0.2) is 5.76 Å². The molecule has 206 valence electrons. The Morgan fingerprint density at radius 3 is 2.24 bits per heavy atom. The van der Waals surface area contributed by atoms with Crippen LogP contribution in [0.15, 0.2) is 39.5 Å². The molecule has 12 heteroatoms. The number of aliphatic hydroxyl groups is 5. The van der Waals surface area contributed by atoms with Crippen LogP contribution >= 0.6 is 0 Å². The van der Waals surface area contributed by atoms with Crippen LogP contribution in [0.25, 0.3) is 22.3 Å². The van der Waals surface area contributed by atoms with Gasteiger partial charge in [-0.15, -0.1) is 0 Å². The second-order valence-electron chi connectivity index (χ2n) is 9.86. The Labute approximate surface area is 216 Å². The van der Waals surface area contributed by atoms with Crippen LogP contribution in [0.5, 0.6) is 23.0 Å². The lowest BCUT2D eigenvalue weighted by Gasteiger charge is -2.39. The fourth-order valence-corrected chi connectivity index (χ4v) is 4.22. The molecule has 0 radical (unpaired) electrons. The number of aromatic hydroxyl groups is 3. The molecule has 1 aliphatic rings. The molecule has 0 unspecified atom stereocenters. The molecule has 1 fully saturated rings. The molecule has 1 aliphatic heterocycles. The van der Waals surface area contributed by atoms with Crippen molar-refractivity contribution >= 4 is 11.0 Å². The van der Waals surface area contributed by atoms with Gasteiger partial charge in [0.2, 0.25) is 17.5 Å². The zero-order valence-electron chi connectivity index (χ0n) is 20.6. The molecule has 0 amide bonds. The van der Waals surface area contributed by atoms with E-state index in [0.29, 0.717) is 0 Å². The number of phenolic OH excluding ortho intramolecular Hbond substituents is 2. The number of rotatable bonds is 7. The second kappa shape index (κ2) is 10.4. The Kier molecular flexibility index (Phi) is 7.57. The number of benzene rings is 2. The zero-order valence-corrected chi connectivity index (χ0v) is 20.6. The minimum atomic E-state index is -1.76. The molecule has 0 aliphatic carbocycles. The van der Waals surface area contributed by atoms with Gasteiger partial charge in [-0.25, -0.2) is 0 Å². The largest absolute Gasteiger partial charge is 0.508 e. The molecule has 5 atom stereocenters. The smallest absolute Gasteiger partial charge is 0.238 e. The van der Waals surface area contributed by atoms with E-state index < -0.39 is 59.8 Å². The molecule has 1 saturated heterocycles. The van der Waals surface area contributed by atoms with Crippen LogP contribution in [0.3, 0.4) is 0 Å². The molecule has 3 aromatic rings. The van der Waals surface area contributed by atoms with Crippen LogP contribution in [0.4, 0.5) is 0 Å². The van der Waals surface area contributed by atoms with Crippen LogP contribution < -0.4 is 10.2 Å². The fraction of sp³-hybridized carbons (Fsp3) is 0.423. The average molecular weight is 535 g/mol. The summed E-state index contributed by atoms with van der Waals surface area (Å²) in [5.41, 5.74) is -2.07. The van der Waals surface area contributed by atoms with Crippen molar-refractivity contribution < 1.29 is 54.7 Å². The second-order valence-corrected chi connectivity index (χ2v) is 9.86. The minimum Gasteiger partial charge on any atom is -0.508 e. The highest BCUT2D eigenvalue weighted by Crippen LogP contribution is 2.41. The predicted molar refractivity (Wildman–Crippen MR) is 132 cm³/mol. The van der Waals surface area contributed by atoms with Crippen molar-refractivity contribution in [2.75, 3.05) is 6.61 Å². The molecule has 38 heavy (non-hydrogen) atoms. The van der Waals surface area contributed by atoms with Gasteiger partial charge in [0, 0.05) is 17.2 Å². The lowest BCUT2D eigenvalue weighted by Crippen LogP contribution is -2.60. The molecule has 2 heterocycles. The van der Waals surface area contributed by atoms with E-state index in [0.717, 1.165) is 0 Å². The molecule has 1 aromatic heterocycles. The van der Waals surface area contributed by atoms with Crippen molar-refractivity contribution in [2.24, 2.45) is 0 Å². The summed E-state index contributed by atoms with van der Waals surface area (Å²) in [5, 5.41) is 81.3. The Bertz CT molecular complexity index is 1360. The van der Waals surface area contributed by atoms with E-state index in [9.17, 15) is 45.6 Å². The first kappa shape index (κ1) is 27.6. The molecule has 4 rings (SSSR count). The van der Waals surface area contributed by atoms with E-state index in [4.69, 9.17) is 13.9 Å². The van der Waals surface area contributed by atoms with Crippen LogP contribution in [0.1, 0.15) is 25.8 Å². The highest BCUT2D eigenvalue weighted by molar-refractivity contribution is 5.90. The maximum absolute atomic E-state index is 13.1. The maximum atomic E-state index is 13.1. The third-order valence-corrected chi connectivity index (χ3v) is 6.41. The summed E-state index contributed by atoms with van der Waals surface area (Å²) < 4.78 is 17.0. The lowest BCUT2D eigenvalue weighted by atomic mass is 9.96. The Morgan fingerprint density at radius 1 is 0.974 bits per heavy atom. The summed E-state index contributed by atoms with van der Waals surface area (Å²) in [6.07, 6.45) is -7.91. The monoisotopic (exact) mass is 534 g/mol. The summed E-state index contributed by atoms with van der Waals surface area (Å²) in [4.78, 5) is 13.1. The molecular weight excluding hydrogens is 504 g/mol. The molecular formula is C26H30O12. The Hall–Kier alpha value is -3.39. The highest BCUT2D eigenvalue weighted by atomic mass is 16.7. The number of aliphatic hydroxyl groups excluding tert-OH is 4.